The molecule has 7 nitrogen and oxygen atoms in total. The monoisotopic (exact) mass is 467 g/mol. The molecule has 2 aromatic heterocycles. The Morgan fingerprint density at radius 3 is 2.52 bits per heavy atom. The number of benzene rings is 2. The van der Waals surface area contributed by atoms with Crippen LogP contribution in [0.15, 0.2) is 30.7 Å². The Morgan fingerprint density at radius 1 is 1.00 bits per heavy atom. The molecule has 0 spiro atoms. The zero-order chi connectivity index (χ0) is 23.1. The number of ether oxygens (including phenoxy) is 2. The molecule has 0 atom stereocenters. The van der Waals surface area contributed by atoms with Crippen molar-refractivity contribution in [2.75, 3.05) is 45.3 Å². The van der Waals surface area contributed by atoms with Crippen LogP contribution < -0.4 is 19.7 Å². The number of aryl methyl sites for hydroxylation is 1. The van der Waals surface area contributed by atoms with Gasteiger partial charge in [0.1, 0.15) is 17.7 Å². The number of pyridine rings is 1. The Morgan fingerprint density at radius 2 is 1.79 bits per heavy atom. The summed E-state index contributed by atoms with van der Waals surface area (Å²) in [6.07, 6.45) is 3.05. The Kier molecular flexibility index (Phi) is 5.64. The summed E-state index contributed by atoms with van der Waals surface area (Å²) in [7, 11) is 3.06. The van der Waals surface area contributed by atoms with Crippen molar-refractivity contribution >= 4 is 39.1 Å². The largest absolute Gasteiger partial charge is 0.494 e. The molecule has 33 heavy (non-hydrogen) atoms. The van der Waals surface area contributed by atoms with Gasteiger partial charge < -0.3 is 19.7 Å². The van der Waals surface area contributed by atoms with E-state index in [0.717, 1.165) is 37.1 Å². The first kappa shape index (κ1) is 21.6. The van der Waals surface area contributed by atoms with E-state index in [9.17, 15) is 0 Å². The summed E-state index contributed by atoms with van der Waals surface area (Å²) in [5.74, 6) is 0.817. The first-order valence-electron chi connectivity index (χ1n) is 10.6. The molecule has 0 amide bonds. The highest BCUT2D eigenvalue weighted by Crippen LogP contribution is 2.49. The third kappa shape index (κ3) is 3.41. The lowest BCUT2D eigenvalue weighted by Gasteiger charge is -2.29. The topological polar surface area (TPSA) is 72.4 Å². The molecule has 9 heteroatoms. The fourth-order valence-electron chi connectivity index (χ4n) is 4.54. The molecule has 170 valence electrons. The number of nitrogens with zero attached hydrogens (tertiary/aromatic N) is 4. The number of hydrogen-bond donors (Lipinski definition) is 1. The lowest BCUT2D eigenvalue weighted by atomic mass is 9.93. The average Bonchev–Trinajstić information content (AvgIpc) is 2.85. The molecule has 1 N–H and O–H groups in total. The van der Waals surface area contributed by atoms with Crippen molar-refractivity contribution in [3.63, 3.8) is 0 Å². The summed E-state index contributed by atoms with van der Waals surface area (Å²) < 4.78 is 27.6. The van der Waals surface area contributed by atoms with Crippen LogP contribution in [0, 0.1) is 12.7 Å². The van der Waals surface area contributed by atoms with Crippen molar-refractivity contribution in [3.05, 3.63) is 47.1 Å². The summed E-state index contributed by atoms with van der Waals surface area (Å²) in [5, 5.41) is 5.49. The first-order chi connectivity index (χ1) is 16.1. The van der Waals surface area contributed by atoms with Crippen molar-refractivity contribution in [1.82, 2.24) is 20.3 Å². The highest BCUT2D eigenvalue weighted by atomic mass is 35.5. The van der Waals surface area contributed by atoms with Crippen LogP contribution in [-0.4, -0.2) is 55.4 Å². The Labute approximate surface area is 195 Å². The first-order valence-corrected chi connectivity index (χ1v) is 11.0. The van der Waals surface area contributed by atoms with E-state index in [4.69, 9.17) is 21.1 Å². The number of methoxy groups -OCH3 is 2. The molecule has 0 unspecified atom stereocenters. The van der Waals surface area contributed by atoms with E-state index in [0.29, 0.717) is 33.8 Å². The molecule has 1 saturated heterocycles. The summed E-state index contributed by atoms with van der Waals surface area (Å²) in [6.45, 7) is 5.00. The number of nitrogens with one attached hydrogen (secondary N) is 1. The second-order valence-corrected chi connectivity index (χ2v) is 8.25. The van der Waals surface area contributed by atoms with E-state index in [1.165, 1.54) is 13.4 Å². The van der Waals surface area contributed by atoms with E-state index in [1.807, 2.05) is 25.1 Å². The minimum atomic E-state index is -0.531. The van der Waals surface area contributed by atoms with Gasteiger partial charge in [-0.1, -0.05) is 23.7 Å². The summed E-state index contributed by atoms with van der Waals surface area (Å²) >= 11 is 6.89. The van der Waals surface area contributed by atoms with Crippen LogP contribution in [0.1, 0.15) is 5.56 Å². The second-order valence-electron chi connectivity index (χ2n) is 7.87. The van der Waals surface area contributed by atoms with Gasteiger partial charge in [-0.05, 0) is 23.9 Å². The van der Waals surface area contributed by atoms with Gasteiger partial charge in [-0.25, -0.2) is 19.3 Å². The number of piperazine rings is 1. The maximum absolute atomic E-state index is 16.3. The highest BCUT2D eigenvalue weighted by Gasteiger charge is 2.28. The summed E-state index contributed by atoms with van der Waals surface area (Å²) in [5.41, 5.74) is 1.80. The molecule has 1 fully saturated rings. The van der Waals surface area contributed by atoms with Crippen LogP contribution >= 0.6 is 11.6 Å². The molecule has 5 rings (SSSR count). The lowest BCUT2D eigenvalue weighted by molar-refractivity contribution is 0.403. The van der Waals surface area contributed by atoms with Crippen LogP contribution in [0.25, 0.3) is 32.8 Å². The lowest BCUT2D eigenvalue weighted by Crippen LogP contribution is -2.44. The fraction of sp³-hybridized carbons (Fsp3) is 0.292. The third-order valence-corrected chi connectivity index (χ3v) is 6.43. The maximum atomic E-state index is 16.3. The van der Waals surface area contributed by atoms with Crippen LogP contribution in [-0.2, 0) is 0 Å². The van der Waals surface area contributed by atoms with Gasteiger partial charge in [0.05, 0.1) is 30.0 Å². The number of aromatic nitrogens is 3. The zero-order valence-corrected chi connectivity index (χ0v) is 19.3. The van der Waals surface area contributed by atoms with Crippen LogP contribution in [0.5, 0.6) is 11.6 Å². The molecule has 4 aromatic rings. The van der Waals surface area contributed by atoms with Gasteiger partial charge >= 0.3 is 0 Å². The quantitative estimate of drug-likeness (QED) is 0.477. The molecule has 3 heterocycles. The smallest absolute Gasteiger partial charge is 0.221 e. The van der Waals surface area contributed by atoms with Crippen molar-refractivity contribution < 1.29 is 13.9 Å². The van der Waals surface area contributed by atoms with Gasteiger partial charge in [0.25, 0.3) is 0 Å². The van der Waals surface area contributed by atoms with E-state index in [2.05, 4.69) is 25.2 Å². The summed E-state index contributed by atoms with van der Waals surface area (Å²) in [4.78, 5) is 15.2. The number of fused-ring (bicyclic) bond motifs is 2. The number of halogens is 2. The number of anilines is 1. The number of hydrogen-bond acceptors (Lipinski definition) is 7. The van der Waals surface area contributed by atoms with Crippen LogP contribution in [0.2, 0.25) is 5.02 Å². The highest BCUT2D eigenvalue weighted by molar-refractivity contribution is 6.37. The number of rotatable bonds is 4. The van der Waals surface area contributed by atoms with E-state index in [1.54, 1.807) is 13.3 Å². The standard InChI is InChI=1S/C24H23ClFN5O2/c1-13-4-5-14-6-7-28-24(33-3)16(14)15(13)17-19(25)22(32-2)18-21(20(17)26)29-12-30-23(18)31-10-8-27-9-11-31/h4-7,12,27H,8-11H2,1-3H3. The Hall–Kier alpha value is -3.23. The molecular weight excluding hydrogens is 445 g/mol. The molecule has 0 radical (unpaired) electrons. The van der Waals surface area contributed by atoms with Crippen molar-refractivity contribution in [1.29, 1.82) is 0 Å². The van der Waals surface area contributed by atoms with Gasteiger partial charge in [0.2, 0.25) is 5.88 Å². The van der Waals surface area contributed by atoms with Crippen LogP contribution in [0.3, 0.4) is 0 Å². The van der Waals surface area contributed by atoms with Gasteiger partial charge in [-0.2, -0.15) is 0 Å². The zero-order valence-electron chi connectivity index (χ0n) is 18.6. The Bertz CT molecular complexity index is 1370. The van der Waals surface area contributed by atoms with Crippen molar-refractivity contribution in [3.8, 4) is 22.8 Å². The van der Waals surface area contributed by atoms with Crippen LogP contribution in [0.4, 0.5) is 10.2 Å². The second kappa shape index (κ2) is 8.61. The molecule has 2 aromatic carbocycles. The SMILES string of the molecule is COc1nccc2ccc(C)c(-c3c(Cl)c(OC)c4c(N5CCNCC5)ncnc4c3F)c12. The Balaban J connectivity index is 1.88. The van der Waals surface area contributed by atoms with E-state index in [-0.39, 0.29) is 16.1 Å². The van der Waals surface area contributed by atoms with Gasteiger partial charge in [-0.15, -0.1) is 0 Å². The van der Waals surface area contributed by atoms with Gasteiger partial charge in [-0.3, -0.25) is 0 Å². The molecule has 1 aliphatic heterocycles. The fourth-order valence-corrected chi connectivity index (χ4v) is 4.89. The van der Waals surface area contributed by atoms with Gasteiger partial charge in [0.15, 0.2) is 11.6 Å². The molecule has 0 aliphatic carbocycles. The van der Waals surface area contributed by atoms with Crippen molar-refractivity contribution in [2.24, 2.45) is 0 Å². The normalized spacial score (nSPS) is 14.2. The summed E-state index contributed by atoms with van der Waals surface area (Å²) in [6, 6.07) is 5.73. The predicted molar refractivity (Wildman–Crippen MR) is 128 cm³/mol. The minimum absolute atomic E-state index is 0.161. The minimum Gasteiger partial charge on any atom is -0.494 e. The molecule has 0 bridgehead atoms. The van der Waals surface area contributed by atoms with E-state index >= 15 is 4.39 Å². The molecule has 1 aliphatic rings. The van der Waals surface area contributed by atoms with Gasteiger partial charge in [0, 0.05) is 43.5 Å². The average molecular weight is 468 g/mol. The molecule has 0 saturated carbocycles. The van der Waals surface area contributed by atoms with Crippen molar-refractivity contribution in [2.45, 2.75) is 6.92 Å². The predicted octanol–water partition coefficient (Wildman–Crippen LogP) is 4.37. The van der Waals surface area contributed by atoms with E-state index < -0.39 is 5.82 Å². The third-order valence-electron chi connectivity index (χ3n) is 6.07. The maximum Gasteiger partial charge on any atom is 0.221 e. The molecular formula is C24H23ClFN5O2.